The maximum absolute atomic E-state index is 8.89. The number of hydrogen-bond donors (Lipinski definition) is 3. The number of benzene rings is 2. The van der Waals surface area contributed by atoms with Crippen LogP contribution in [0.5, 0.6) is 11.5 Å². The Bertz CT molecular complexity index is 1050. The van der Waals surface area contributed by atoms with Crippen molar-refractivity contribution < 1.29 is 4.74 Å². The van der Waals surface area contributed by atoms with Gasteiger partial charge in [0.05, 0.1) is 17.0 Å². The molecular formula is C25H29N5O. The van der Waals surface area contributed by atoms with Gasteiger partial charge in [0.25, 0.3) is 0 Å². The highest BCUT2D eigenvalue weighted by Crippen LogP contribution is 2.30. The van der Waals surface area contributed by atoms with Crippen molar-refractivity contribution in [1.82, 2.24) is 9.88 Å². The standard InChI is InChI=1S/C25H29N5O/c1-17-15-28-25(27)22(24(17)29-19-7-6-14-30(2)16-19)23(26)18-10-12-21(13-11-18)31-20-8-4-3-5-9-20/h3-5,8-13,15,19,26H,6-7,14,16H2,1-2H3,(H3,27,28,29)/t19-/m1/s1. The van der Waals surface area contributed by atoms with E-state index in [1.807, 2.05) is 61.5 Å². The molecule has 31 heavy (non-hydrogen) atoms. The van der Waals surface area contributed by atoms with Crippen molar-refractivity contribution in [1.29, 1.82) is 5.41 Å². The second kappa shape index (κ2) is 9.18. The Morgan fingerprint density at radius 2 is 1.84 bits per heavy atom. The molecule has 0 bridgehead atoms. The normalized spacial score (nSPS) is 16.6. The van der Waals surface area contributed by atoms with Crippen LogP contribution in [0.1, 0.15) is 29.5 Å². The van der Waals surface area contributed by atoms with Gasteiger partial charge in [-0.2, -0.15) is 0 Å². The van der Waals surface area contributed by atoms with Gasteiger partial charge in [0.1, 0.15) is 17.3 Å². The molecule has 0 amide bonds. The molecule has 6 nitrogen and oxygen atoms in total. The highest BCUT2D eigenvalue weighted by molar-refractivity contribution is 6.17. The number of rotatable bonds is 6. The molecule has 0 saturated carbocycles. The van der Waals surface area contributed by atoms with E-state index in [2.05, 4.69) is 22.2 Å². The zero-order valence-electron chi connectivity index (χ0n) is 18.1. The fourth-order valence-corrected chi connectivity index (χ4v) is 4.01. The third kappa shape index (κ3) is 4.86. The summed E-state index contributed by atoms with van der Waals surface area (Å²) in [4.78, 5) is 6.66. The third-order valence-corrected chi connectivity index (χ3v) is 5.64. The molecule has 1 aromatic heterocycles. The van der Waals surface area contributed by atoms with Crippen LogP contribution in [0.15, 0.2) is 60.8 Å². The van der Waals surface area contributed by atoms with E-state index in [0.717, 1.165) is 54.2 Å². The molecule has 2 aromatic carbocycles. The van der Waals surface area contributed by atoms with Gasteiger partial charge in [0, 0.05) is 24.3 Å². The number of nitrogens with two attached hydrogens (primary N) is 1. The lowest BCUT2D eigenvalue weighted by Gasteiger charge is -2.32. The van der Waals surface area contributed by atoms with Crippen molar-refractivity contribution >= 4 is 17.2 Å². The Morgan fingerprint density at radius 1 is 1.13 bits per heavy atom. The maximum Gasteiger partial charge on any atom is 0.134 e. The summed E-state index contributed by atoms with van der Waals surface area (Å²) in [5.74, 6) is 1.87. The lowest BCUT2D eigenvalue weighted by molar-refractivity contribution is 0.261. The van der Waals surface area contributed by atoms with Gasteiger partial charge in [-0.05, 0) is 75.3 Å². The molecule has 1 aliphatic heterocycles. The Balaban J connectivity index is 1.58. The van der Waals surface area contributed by atoms with Crippen molar-refractivity contribution in [3.8, 4) is 11.5 Å². The smallest absolute Gasteiger partial charge is 0.134 e. The van der Waals surface area contributed by atoms with E-state index in [4.69, 9.17) is 15.9 Å². The first-order valence-corrected chi connectivity index (χ1v) is 10.6. The minimum Gasteiger partial charge on any atom is -0.457 e. The quantitative estimate of drug-likeness (QED) is 0.509. The number of aromatic nitrogens is 1. The summed E-state index contributed by atoms with van der Waals surface area (Å²) < 4.78 is 5.87. The number of hydrogen-bond acceptors (Lipinski definition) is 6. The summed E-state index contributed by atoms with van der Waals surface area (Å²) in [5, 5.41) is 12.5. The second-order valence-electron chi connectivity index (χ2n) is 8.14. The first-order chi connectivity index (χ1) is 15.0. The van der Waals surface area contributed by atoms with Crippen molar-refractivity contribution in [3.63, 3.8) is 0 Å². The summed E-state index contributed by atoms with van der Waals surface area (Å²) in [5.41, 5.74) is 9.94. The van der Waals surface area contributed by atoms with Crippen LogP contribution in [0, 0.1) is 12.3 Å². The number of ether oxygens (including phenoxy) is 1. The number of likely N-dealkylation sites (N-methyl/N-ethyl adjacent to an activating group) is 1. The van der Waals surface area contributed by atoms with E-state index in [1.165, 1.54) is 0 Å². The minimum atomic E-state index is 0.326. The topological polar surface area (TPSA) is 87.3 Å². The first-order valence-electron chi connectivity index (χ1n) is 10.6. The van der Waals surface area contributed by atoms with Crippen molar-refractivity contribution in [2.75, 3.05) is 31.2 Å². The summed E-state index contributed by atoms with van der Waals surface area (Å²) in [6.45, 7) is 4.10. The summed E-state index contributed by atoms with van der Waals surface area (Å²) in [6, 6.07) is 17.5. The first kappa shape index (κ1) is 20.9. The van der Waals surface area contributed by atoms with Gasteiger partial charge in [-0.3, -0.25) is 5.41 Å². The van der Waals surface area contributed by atoms with Crippen LogP contribution in [-0.4, -0.2) is 41.8 Å². The number of anilines is 2. The molecule has 1 fully saturated rings. The molecule has 3 aromatic rings. The number of nitrogens with zero attached hydrogens (tertiary/aromatic N) is 2. The molecule has 4 N–H and O–H groups in total. The van der Waals surface area contributed by atoms with Crippen molar-refractivity contribution in [3.05, 3.63) is 77.5 Å². The van der Waals surface area contributed by atoms with Gasteiger partial charge in [-0.25, -0.2) is 4.98 Å². The van der Waals surface area contributed by atoms with Crippen LogP contribution >= 0.6 is 0 Å². The number of para-hydroxylation sites is 1. The summed E-state index contributed by atoms with van der Waals surface area (Å²) in [7, 11) is 2.14. The number of nitrogens with one attached hydrogen (secondary N) is 2. The van der Waals surface area contributed by atoms with E-state index in [1.54, 1.807) is 6.20 Å². The fourth-order valence-electron chi connectivity index (χ4n) is 4.01. The van der Waals surface area contributed by atoms with Gasteiger partial charge >= 0.3 is 0 Å². The molecule has 1 atom stereocenters. The van der Waals surface area contributed by atoms with E-state index < -0.39 is 0 Å². The van der Waals surface area contributed by atoms with Crippen LogP contribution in [0.4, 0.5) is 11.5 Å². The maximum atomic E-state index is 8.89. The number of likely N-dealkylation sites (tertiary alicyclic amines) is 1. The predicted molar refractivity (Wildman–Crippen MR) is 126 cm³/mol. The molecule has 160 valence electrons. The number of aryl methyl sites for hydroxylation is 1. The Hall–Kier alpha value is -3.38. The number of piperidine rings is 1. The largest absolute Gasteiger partial charge is 0.457 e. The van der Waals surface area contributed by atoms with Gasteiger partial charge in [0.15, 0.2) is 0 Å². The van der Waals surface area contributed by atoms with Crippen LogP contribution in [0.2, 0.25) is 0 Å². The molecule has 1 saturated heterocycles. The van der Waals surface area contributed by atoms with Gasteiger partial charge in [-0.15, -0.1) is 0 Å². The van der Waals surface area contributed by atoms with E-state index in [-0.39, 0.29) is 0 Å². The van der Waals surface area contributed by atoms with Crippen molar-refractivity contribution in [2.45, 2.75) is 25.8 Å². The van der Waals surface area contributed by atoms with Gasteiger partial charge in [-0.1, -0.05) is 18.2 Å². The van der Waals surface area contributed by atoms with Crippen LogP contribution in [0.25, 0.3) is 0 Å². The van der Waals surface area contributed by atoms with E-state index in [0.29, 0.717) is 23.1 Å². The van der Waals surface area contributed by atoms with Gasteiger partial charge < -0.3 is 20.7 Å². The average Bonchev–Trinajstić information content (AvgIpc) is 2.77. The number of pyridine rings is 1. The fraction of sp³-hybridized carbons (Fsp3) is 0.280. The molecular weight excluding hydrogens is 386 g/mol. The SMILES string of the molecule is Cc1cnc(N)c(C(=N)c2ccc(Oc3ccccc3)cc2)c1N[C@@H]1CCCN(C)C1. The molecule has 0 aliphatic carbocycles. The Labute approximate surface area is 183 Å². The monoisotopic (exact) mass is 415 g/mol. The highest BCUT2D eigenvalue weighted by atomic mass is 16.5. The molecule has 0 radical (unpaired) electrons. The average molecular weight is 416 g/mol. The molecule has 6 heteroatoms. The predicted octanol–water partition coefficient (Wildman–Crippen LogP) is 4.69. The van der Waals surface area contributed by atoms with Crippen LogP contribution in [0.3, 0.4) is 0 Å². The highest BCUT2D eigenvalue weighted by Gasteiger charge is 2.22. The molecule has 1 aliphatic rings. The van der Waals surface area contributed by atoms with Gasteiger partial charge in [0.2, 0.25) is 0 Å². The number of nitrogen functional groups attached to an aromatic ring is 1. The third-order valence-electron chi connectivity index (χ3n) is 5.64. The van der Waals surface area contributed by atoms with Crippen LogP contribution < -0.4 is 15.8 Å². The molecule has 4 rings (SSSR count). The zero-order valence-corrected chi connectivity index (χ0v) is 18.1. The van der Waals surface area contributed by atoms with E-state index in [9.17, 15) is 0 Å². The zero-order chi connectivity index (χ0) is 21.8. The second-order valence-corrected chi connectivity index (χ2v) is 8.14. The molecule has 2 heterocycles. The van der Waals surface area contributed by atoms with Crippen molar-refractivity contribution in [2.24, 2.45) is 0 Å². The van der Waals surface area contributed by atoms with Crippen LogP contribution in [-0.2, 0) is 0 Å². The Morgan fingerprint density at radius 3 is 2.55 bits per heavy atom. The Kier molecular flexibility index (Phi) is 6.18. The molecule has 0 unspecified atom stereocenters. The molecule has 0 spiro atoms. The summed E-state index contributed by atoms with van der Waals surface area (Å²) in [6.07, 6.45) is 4.03. The lowest BCUT2D eigenvalue weighted by Crippen LogP contribution is -2.40. The van der Waals surface area contributed by atoms with E-state index >= 15 is 0 Å². The lowest BCUT2D eigenvalue weighted by atomic mass is 9.98. The summed E-state index contributed by atoms with van der Waals surface area (Å²) >= 11 is 0. The minimum absolute atomic E-state index is 0.326.